The summed E-state index contributed by atoms with van der Waals surface area (Å²) in [6, 6.07) is 6.43. The average molecular weight is 205 g/mol. The first-order valence-electron chi connectivity index (χ1n) is 5.50. The van der Waals surface area contributed by atoms with Gasteiger partial charge in [-0.15, -0.1) is 0 Å². The number of rotatable bonds is 2. The van der Waals surface area contributed by atoms with E-state index in [2.05, 4.69) is 44.0 Å². The van der Waals surface area contributed by atoms with Crippen molar-refractivity contribution in [3.63, 3.8) is 0 Å². The molecule has 0 saturated carbocycles. The SMILES string of the molecule is CN1CCc2cccc(C(C)(C)CO)c21. The fourth-order valence-corrected chi connectivity index (χ4v) is 2.28. The molecule has 0 spiro atoms. The third kappa shape index (κ3) is 1.63. The van der Waals surface area contributed by atoms with Crippen LogP contribution >= 0.6 is 0 Å². The molecule has 0 aromatic heterocycles. The van der Waals surface area contributed by atoms with Gasteiger partial charge in [0.1, 0.15) is 0 Å². The lowest BCUT2D eigenvalue weighted by molar-refractivity contribution is 0.219. The average Bonchev–Trinajstić information content (AvgIpc) is 2.60. The summed E-state index contributed by atoms with van der Waals surface area (Å²) < 4.78 is 0. The van der Waals surface area contributed by atoms with Gasteiger partial charge in [0.15, 0.2) is 0 Å². The van der Waals surface area contributed by atoms with Crippen LogP contribution < -0.4 is 4.90 Å². The second kappa shape index (κ2) is 3.53. The zero-order chi connectivity index (χ0) is 11.1. The Morgan fingerprint density at radius 1 is 1.40 bits per heavy atom. The van der Waals surface area contributed by atoms with Gasteiger partial charge in [-0.3, -0.25) is 0 Å². The maximum Gasteiger partial charge on any atom is 0.0523 e. The lowest BCUT2D eigenvalue weighted by Gasteiger charge is -2.28. The van der Waals surface area contributed by atoms with E-state index in [4.69, 9.17) is 0 Å². The number of fused-ring (bicyclic) bond motifs is 1. The molecule has 82 valence electrons. The van der Waals surface area contributed by atoms with Crippen molar-refractivity contribution in [1.29, 1.82) is 0 Å². The molecule has 2 heteroatoms. The van der Waals surface area contributed by atoms with Crippen LogP contribution in [0.2, 0.25) is 0 Å². The van der Waals surface area contributed by atoms with Gasteiger partial charge < -0.3 is 10.0 Å². The summed E-state index contributed by atoms with van der Waals surface area (Å²) in [5, 5.41) is 9.45. The second-order valence-electron chi connectivity index (χ2n) is 5.03. The fourth-order valence-electron chi connectivity index (χ4n) is 2.28. The Morgan fingerprint density at radius 3 is 2.80 bits per heavy atom. The van der Waals surface area contributed by atoms with Gasteiger partial charge in [0.05, 0.1) is 6.61 Å². The molecule has 1 heterocycles. The molecule has 1 N–H and O–H groups in total. The zero-order valence-corrected chi connectivity index (χ0v) is 9.75. The smallest absolute Gasteiger partial charge is 0.0523 e. The van der Waals surface area contributed by atoms with E-state index in [0.29, 0.717) is 0 Å². The first kappa shape index (κ1) is 10.5. The predicted molar refractivity (Wildman–Crippen MR) is 63.5 cm³/mol. The summed E-state index contributed by atoms with van der Waals surface area (Å²) in [5.41, 5.74) is 3.86. The molecule has 0 radical (unpaired) electrons. The van der Waals surface area contributed by atoms with Gasteiger partial charge in [-0.25, -0.2) is 0 Å². The van der Waals surface area contributed by atoms with Crippen LogP contribution in [0.1, 0.15) is 25.0 Å². The number of hydrogen-bond acceptors (Lipinski definition) is 2. The molecular weight excluding hydrogens is 186 g/mol. The normalized spacial score (nSPS) is 15.6. The fraction of sp³-hybridized carbons (Fsp3) is 0.538. The van der Waals surface area contributed by atoms with Crippen LogP contribution in [0.5, 0.6) is 0 Å². The topological polar surface area (TPSA) is 23.5 Å². The molecule has 1 aromatic rings. The Kier molecular flexibility index (Phi) is 2.47. The Morgan fingerprint density at radius 2 is 2.13 bits per heavy atom. The molecule has 1 aromatic carbocycles. The maximum absolute atomic E-state index is 9.45. The third-order valence-electron chi connectivity index (χ3n) is 3.34. The van der Waals surface area contributed by atoms with E-state index in [0.717, 1.165) is 13.0 Å². The molecule has 0 atom stereocenters. The van der Waals surface area contributed by atoms with Crippen molar-refractivity contribution >= 4 is 5.69 Å². The molecule has 0 saturated heterocycles. The van der Waals surface area contributed by atoms with Gasteiger partial charge in [0.25, 0.3) is 0 Å². The highest BCUT2D eigenvalue weighted by Crippen LogP contribution is 2.37. The van der Waals surface area contributed by atoms with Crippen molar-refractivity contribution in [2.24, 2.45) is 0 Å². The van der Waals surface area contributed by atoms with Gasteiger partial charge in [-0.05, 0) is 17.5 Å². The van der Waals surface area contributed by atoms with Gasteiger partial charge in [0, 0.05) is 24.7 Å². The number of benzene rings is 1. The van der Waals surface area contributed by atoms with Crippen molar-refractivity contribution in [2.45, 2.75) is 25.7 Å². The quantitative estimate of drug-likeness (QED) is 0.797. The minimum Gasteiger partial charge on any atom is -0.395 e. The Labute approximate surface area is 91.5 Å². The zero-order valence-electron chi connectivity index (χ0n) is 9.75. The summed E-state index contributed by atoms with van der Waals surface area (Å²) in [5.74, 6) is 0. The van der Waals surface area contributed by atoms with Crippen LogP contribution in [0.4, 0.5) is 5.69 Å². The summed E-state index contributed by atoms with van der Waals surface area (Å²) in [4.78, 5) is 2.29. The van der Waals surface area contributed by atoms with Gasteiger partial charge >= 0.3 is 0 Å². The molecule has 0 aliphatic carbocycles. The van der Waals surface area contributed by atoms with Crippen molar-refractivity contribution in [1.82, 2.24) is 0 Å². The second-order valence-corrected chi connectivity index (χ2v) is 5.03. The number of nitrogens with zero attached hydrogens (tertiary/aromatic N) is 1. The lowest BCUT2D eigenvalue weighted by Crippen LogP contribution is -2.25. The van der Waals surface area contributed by atoms with Crippen molar-refractivity contribution in [3.8, 4) is 0 Å². The number of para-hydroxylation sites is 1. The summed E-state index contributed by atoms with van der Waals surface area (Å²) >= 11 is 0. The summed E-state index contributed by atoms with van der Waals surface area (Å²) in [7, 11) is 2.13. The van der Waals surface area contributed by atoms with Crippen LogP contribution in [-0.4, -0.2) is 25.3 Å². The van der Waals surface area contributed by atoms with Crippen LogP contribution in [0, 0.1) is 0 Å². The van der Waals surface area contributed by atoms with E-state index in [1.165, 1.54) is 16.8 Å². The van der Waals surface area contributed by atoms with E-state index in [-0.39, 0.29) is 12.0 Å². The highest BCUT2D eigenvalue weighted by molar-refractivity contribution is 5.64. The van der Waals surface area contributed by atoms with Crippen LogP contribution in [0.25, 0.3) is 0 Å². The number of aliphatic hydroxyl groups is 1. The first-order chi connectivity index (χ1) is 7.06. The molecule has 0 unspecified atom stereocenters. The molecule has 0 amide bonds. The molecular formula is C13H19NO. The van der Waals surface area contributed by atoms with E-state index < -0.39 is 0 Å². The minimum atomic E-state index is -0.149. The number of hydrogen-bond donors (Lipinski definition) is 1. The summed E-state index contributed by atoms with van der Waals surface area (Å²) in [6.07, 6.45) is 1.13. The maximum atomic E-state index is 9.45. The standard InChI is InChI=1S/C13H19NO/c1-13(2,9-15)11-6-4-5-10-7-8-14(3)12(10)11/h4-6,15H,7-9H2,1-3H3. The van der Waals surface area contributed by atoms with E-state index >= 15 is 0 Å². The number of likely N-dealkylation sites (N-methyl/N-ethyl adjacent to an activating group) is 1. The first-order valence-corrected chi connectivity index (χ1v) is 5.50. The molecule has 1 aliphatic rings. The number of anilines is 1. The van der Waals surface area contributed by atoms with Crippen molar-refractivity contribution in [3.05, 3.63) is 29.3 Å². The Hall–Kier alpha value is -1.02. The van der Waals surface area contributed by atoms with Gasteiger partial charge in [0.2, 0.25) is 0 Å². The predicted octanol–water partition coefficient (Wildman–Crippen LogP) is 1.95. The molecule has 15 heavy (non-hydrogen) atoms. The molecule has 2 rings (SSSR count). The lowest BCUT2D eigenvalue weighted by atomic mass is 9.83. The van der Waals surface area contributed by atoms with E-state index in [1.807, 2.05) is 0 Å². The van der Waals surface area contributed by atoms with Crippen LogP contribution in [0.3, 0.4) is 0 Å². The largest absolute Gasteiger partial charge is 0.395 e. The van der Waals surface area contributed by atoms with E-state index in [9.17, 15) is 5.11 Å². The van der Waals surface area contributed by atoms with Gasteiger partial charge in [-0.1, -0.05) is 32.0 Å². The Bertz CT molecular complexity index is 371. The van der Waals surface area contributed by atoms with Gasteiger partial charge in [-0.2, -0.15) is 0 Å². The summed E-state index contributed by atoms with van der Waals surface area (Å²) in [6.45, 7) is 5.47. The van der Waals surface area contributed by atoms with E-state index in [1.54, 1.807) is 0 Å². The highest BCUT2D eigenvalue weighted by Gasteiger charge is 2.28. The molecule has 0 bridgehead atoms. The van der Waals surface area contributed by atoms with Crippen LogP contribution in [0.15, 0.2) is 18.2 Å². The Balaban J connectivity index is 2.54. The molecule has 1 aliphatic heterocycles. The minimum absolute atomic E-state index is 0.149. The molecule has 0 fully saturated rings. The third-order valence-corrected chi connectivity index (χ3v) is 3.34. The van der Waals surface area contributed by atoms with Crippen molar-refractivity contribution in [2.75, 3.05) is 25.1 Å². The van der Waals surface area contributed by atoms with Crippen molar-refractivity contribution < 1.29 is 5.11 Å². The monoisotopic (exact) mass is 205 g/mol. The number of aliphatic hydroxyl groups excluding tert-OH is 1. The highest BCUT2D eigenvalue weighted by atomic mass is 16.3. The van der Waals surface area contributed by atoms with Crippen LogP contribution in [-0.2, 0) is 11.8 Å². The molecule has 2 nitrogen and oxygen atoms in total.